The minimum Gasteiger partial charge on any atom is -0.494 e. The van der Waals surface area contributed by atoms with Crippen LogP contribution in [0.3, 0.4) is 0 Å². The number of hydrogen-bond donors (Lipinski definition) is 0. The molecule has 1 rings (SSSR count). The van der Waals surface area contributed by atoms with Gasteiger partial charge in [0.1, 0.15) is 5.75 Å². The van der Waals surface area contributed by atoms with Gasteiger partial charge in [-0.3, -0.25) is 0 Å². The van der Waals surface area contributed by atoms with E-state index in [9.17, 15) is 0 Å². The number of rotatable bonds is 7. The molecule has 0 fully saturated rings. The summed E-state index contributed by atoms with van der Waals surface area (Å²) in [5.41, 5.74) is 1.27. The van der Waals surface area contributed by atoms with Gasteiger partial charge in [0, 0.05) is 6.54 Å². The second kappa shape index (κ2) is 11.8. The van der Waals surface area contributed by atoms with Gasteiger partial charge in [0.05, 0.1) is 6.61 Å². The van der Waals surface area contributed by atoms with Crippen LogP contribution in [0.5, 0.6) is 5.75 Å². The normalized spacial score (nSPS) is 9.74. The molecule has 2 heteroatoms. The van der Waals surface area contributed by atoms with E-state index in [2.05, 4.69) is 51.6 Å². The smallest absolute Gasteiger partial charge is 0.119 e. The lowest BCUT2D eigenvalue weighted by atomic mass is 10.1. The van der Waals surface area contributed by atoms with Crippen molar-refractivity contribution in [3.63, 3.8) is 0 Å². The van der Waals surface area contributed by atoms with Crippen LogP contribution < -0.4 is 4.74 Å². The molecule has 0 saturated heterocycles. The summed E-state index contributed by atoms with van der Waals surface area (Å²) in [7, 11) is 4.15. The monoisotopic (exact) mass is 263 g/mol. The molecular formula is C17H29NO. The van der Waals surface area contributed by atoms with Gasteiger partial charge in [-0.2, -0.15) is 0 Å². The highest BCUT2D eigenvalue weighted by Gasteiger charge is 1.95. The Bertz CT molecular complexity index is 317. The highest BCUT2D eigenvalue weighted by Crippen LogP contribution is 2.12. The van der Waals surface area contributed by atoms with Crippen molar-refractivity contribution < 1.29 is 4.74 Å². The molecule has 0 atom stereocenters. The maximum Gasteiger partial charge on any atom is 0.119 e. The lowest BCUT2D eigenvalue weighted by Gasteiger charge is -2.10. The average molecular weight is 263 g/mol. The Morgan fingerprint density at radius 1 is 1.16 bits per heavy atom. The van der Waals surface area contributed by atoms with Crippen LogP contribution >= 0.6 is 0 Å². The molecule has 0 aliphatic heterocycles. The number of benzene rings is 1. The Hall–Kier alpha value is -1.28. The maximum absolute atomic E-state index is 5.64. The van der Waals surface area contributed by atoms with Crippen molar-refractivity contribution in [1.29, 1.82) is 0 Å². The van der Waals surface area contributed by atoms with Gasteiger partial charge in [0.15, 0.2) is 0 Å². The van der Waals surface area contributed by atoms with Crippen molar-refractivity contribution in [3.05, 3.63) is 42.5 Å². The molecule has 0 bridgehead atoms. The summed E-state index contributed by atoms with van der Waals surface area (Å²) < 4.78 is 5.64. The zero-order valence-electron chi connectivity index (χ0n) is 13.0. The van der Waals surface area contributed by atoms with E-state index in [4.69, 9.17) is 4.74 Å². The summed E-state index contributed by atoms with van der Waals surface area (Å²) in [5.74, 6) is 0.951. The molecule has 0 spiro atoms. The van der Waals surface area contributed by atoms with Crippen LogP contribution in [0.4, 0.5) is 0 Å². The van der Waals surface area contributed by atoms with Gasteiger partial charge in [-0.25, -0.2) is 0 Å². The summed E-state index contributed by atoms with van der Waals surface area (Å²) in [6.45, 7) is 9.81. The van der Waals surface area contributed by atoms with Crippen molar-refractivity contribution in [3.8, 4) is 5.75 Å². The predicted octanol–water partition coefficient (Wildman–Crippen LogP) is 4.16. The van der Waals surface area contributed by atoms with Crippen LogP contribution in [0.15, 0.2) is 36.9 Å². The standard InChI is InChI=1S/C14H21NO.C3H8/c1-4-6-13-7-9-14(10-8-13)16-12-5-11-15(2)3;1-3-2/h4,7-10H,1,5-6,11-12H2,2-3H3;3H2,1-2H3. The molecule has 2 nitrogen and oxygen atoms in total. The molecule has 0 aliphatic carbocycles. The van der Waals surface area contributed by atoms with Crippen LogP contribution in [0, 0.1) is 0 Å². The molecule has 0 unspecified atom stereocenters. The zero-order chi connectivity index (χ0) is 14.5. The third-order valence-electron chi connectivity index (χ3n) is 2.32. The quantitative estimate of drug-likeness (QED) is 0.541. The summed E-state index contributed by atoms with van der Waals surface area (Å²) >= 11 is 0. The number of nitrogens with zero attached hydrogens (tertiary/aromatic N) is 1. The van der Waals surface area contributed by atoms with Gasteiger partial charge in [-0.15, -0.1) is 6.58 Å². The predicted molar refractivity (Wildman–Crippen MR) is 85.0 cm³/mol. The van der Waals surface area contributed by atoms with E-state index in [0.717, 1.165) is 31.7 Å². The van der Waals surface area contributed by atoms with E-state index in [1.54, 1.807) is 0 Å². The van der Waals surface area contributed by atoms with Crippen molar-refractivity contribution in [2.24, 2.45) is 0 Å². The molecule has 1 aromatic carbocycles. The van der Waals surface area contributed by atoms with Crippen molar-refractivity contribution in [1.82, 2.24) is 4.90 Å². The fraction of sp³-hybridized carbons (Fsp3) is 0.529. The van der Waals surface area contributed by atoms with E-state index >= 15 is 0 Å². The lowest BCUT2D eigenvalue weighted by molar-refractivity contribution is 0.281. The first-order valence-corrected chi connectivity index (χ1v) is 7.11. The van der Waals surface area contributed by atoms with E-state index in [0.29, 0.717) is 0 Å². The van der Waals surface area contributed by atoms with E-state index in [-0.39, 0.29) is 0 Å². The van der Waals surface area contributed by atoms with E-state index < -0.39 is 0 Å². The molecular weight excluding hydrogens is 234 g/mol. The number of allylic oxidation sites excluding steroid dienone is 1. The van der Waals surface area contributed by atoms with Gasteiger partial charge >= 0.3 is 0 Å². The van der Waals surface area contributed by atoms with Gasteiger partial charge in [0.25, 0.3) is 0 Å². The first-order chi connectivity index (χ1) is 9.13. The number of hydrogen-bond acceptors (Lipinski definition) is 2. The van der Waals surface area contributed by atoms with Crippen LogP contribution in [-0.4, -0.2) is 32.1 Å². The van der Waals surface area contributed by atoms with Crippen molar-refractivity contribution in [2.75, 3.05) is 27.2 Å². The fourth-order valence-electron chi connectivity index (χ4n) is 1.46. The summed E-state index contributed by atoms with van der Waals surface area (Å²) in [6, 6.07) is 8.22. The molecule has 1 aromatic rings. The average Bonchev–Trinajstić information content (AvgIpc) is 2.38. The molecule has 19 heavy (non-hydrogen) atoms. The molecule has 108 valence electrons. The molecule has 0 radical (unpaired) electrons. The topological polar surface area (TPSA) is 12.5 Å². The zero-order valence-corrected chi connectivity index (χ0v) is 13.0. The lowest BCUT2D eigenvalue weighted by Crippen LogP contribution is -2.15. The van der Waals surface area contributed by atoms with Crippen LogP contribution in [0.25, 0.3) is 0 Å². The van der Waals surface area contributed by atoms with Crippen molar-refractivity contribution in [2.45, 2.75) is 33.1 Å². The van der Waals surface area contributed by atoms with E-state index in [1.165, 1.54) is 12.0 Å². The second-order valence-electron chi connectivity index (χ2n) is 4.85. The summed E-state index contributed by atoms with van der Waals surface area (Å²) in [6.07, 6.45) is 5.13. The highest BCUT2D eigenvalue weighted by molar-refractivity contribution is 5.28. The Kier molecular flexibility index (Phi) is 11.0. The Labute approximate surface area is 119 Å². The molecule has 0 saturated carbocycles. The minimum atomic E-state index is 0.777. The van der Waals surface area contributed by atoms with Crippen LogP contribution in [0.2, 0.25) is 0 Å². The molecule has 0 N–H and O–H groups in total. The molecule has 0 amide bonds. The minimum absolute atomic E-state index is 0.777. The fourth-order valence-corrected chi connectivity index (χ4v) is 1.46. The first-order valence-electron chi connectivity index (χ1n) is 7.11. The third-order valence-corrected chi connectivity index (χ3v) is 2.32. The second-order valence-corrected chi connectivity index (χ2v) is 4.85. The van der Waals surface area contributed by atoms with Gasteiger partial charge in [0.2, 0.25) is 0 Å². The maximum atomic E-state index is 5.64. The first kappa shape index (κ1) is 17.7. The molecule has 0 heterocycles. The SMILES string of the molecule is C=CCc1ccc(OCCCN(C)C)cc1.CCC. The van der Waals surface area contributed by atoms with Gasteiger partial charge < -0.3 is 9.64 Å². The van der Waals surface area contributed by atoms with Gasteiger partial charge in [-0.1, -0.05) is 38.5 Å². The van der Waals surface area contributed by atoms with E-state index in [1.807, 2.05) is 18.2 Å². The van der Waals surface area contributed by atoms with Crippen LogP contribution in [-0.2, 0) is 6.42 Å². The Morgan fingerprint density at radius 3 is 2.21 bits per heavy atom. The summed E-state index contributed by atoms with van der Waals surface area (Å²) in [4.78, 5) is 2.16. The molecule has 0 aromatic heterocycles. The number of ether oxygens (including phenoxy) is 1. The van der Waals surface area contributed by atoms with Crippen LogP contribution in [0.1, 0.15) is 32.3 Å². The Morgan fingerprint density at radius 2 is 1.74 bits per heavy atom. The Balaban J connectivity index is 0.000000982. The van der Waals surface area contributed by atoms with Crippen molar-refractivity contribution >= 4 is 0 Å². The third kappa shape index (κ3) is 10.3. The highest BCUT2D eigenvalue weighted by atomic mass is 16.5. The largest absolute Gasteiger partial charge is 0.494 e. The summed E-state index contributed by atoms with van der Waals surface area (Å²) in [5, 5.41) is 0. The van der Waals surface area contributed by atoms with Gasteiger partial charge in [-0.05, 0) is 44.6 Å². The molecule has 0 aliphatic rings.